The third kappa shape index (κ3) is 3.29. The van der Waals surface area contributed by atoms with E-state index in [1.807, 2.05) is 57.5 Å². The van der Waals surface area contributed by atoms with E-state index in [0.29, 0.717) is 18.1 Å². The summed E-state index contributed by atoms with van der Waals surface area (Å²) < 4.78 is 7.82. The van der Waals surface area contributed by atoms with E-state index in [1.165, 1.54) is 0 Å². The molecule has 3 aromatic rings. The second-order valence-corrected chi connectivity index (χ2v) is 6.75. The first-order chi connectivity index (χ1) is 12.4. The number of fused-ring (bicyclic) bond motifs is 1. The van der Waals surface area contributed by atoms with Crippen LogP contribution in [0.2, 0.25) is 0 Å². The van der Waals surface area contributed by atoms with Gasteiger partial charge in [-0.05, 0) is 46.8 Å². The Morgan fingerprint density at radius 1 is 1.35 bits per heavy atom. The lowest BCUT2D eigenvalue weighted by molar-refractivity contribution is 0.0945. The van der Waals surface area contributed by atoms with E-state index in [1.54, 1.807) is 6.20 Å². The minimum Gasteiger partial charge on any atom is -0.474 e. The molecule has 0 radical (unpaired) electrons. The first-order valence-electron chi connectivity index (χ1n) is 8.92. The average molecular weight is 355 g/mol. The summed E-state index contributed by atoms with van der Waals surface area (Å²) in [6.45, 7) is 10.5. The van der Waals surface area contributed by atoms with E-state index in [0.717, 1.165) is 22.2 Å². The topological polar surface area (TPSA) is 84.8 Å². The van der Waals surface area contributed by atoms with Gasteiger partial charge in [0.2, 0.25) is 5.88 Å². The number of amides is 1. The quantitative estimate of drug-likeness (QED) is 0.708. The highest BCUT2D eigenvalue weighted by Gasteiger charge is 2.21. The molecule has 2 N–H and O–H groups in total. The standard InChI is InChI=1S/C19H25N5O2/c1-6-20-18(25)15-9-13(10-24(15)11(2)3)17-16-14(22-23-17)7-8-21-19(16)26-12(4)5/h7-12H,6H2,1-5H3,(H,20,25)(H,22,23). The zero-order valence-corrected chi connectivity index (χ0v) is 15.8. The second kappa shape index (κ2) is 7.19. The number of aromatic amines is 1. The van der Waals surface area contributed by atoms with Gasteiger partial charge in [-0.3, -0.25) is 9.89 Å². The predicted molar refractivity (Wildman–Crippen MR) is 101 cm³/mol. The van der Waals surface area contributed by atoms with Gasteiger partial charge in [0, 0.05) is 30.5 Å². The molecule has 26 heavy (non-hydrogen) atoms. The van der Waals surface area contributed by atoms with Gasteiger partial charge in [0.15, 0.2) is 0 Å². The summed E-state index contributed by atoms with van der Waals surface area (Å²) in [6, 6.07) is 3.88. The molecule has 0 aromatic carbocycles. The van der Waals surface area contributed by atoms with Crippen LogP contribution in [0.3, 0.4) is 0 Å². The van der Waals surface area contributed by atoms with Gasteiger partial charge in [-0.2, -0.15) is 5.10 Å². The van der Waals surface area contributed by atoms with Crippen molar-refractivity contribution in [2.75, 3.05) is 6.54 Å². The Balaban J connectivity index is 2.15. The van der Waals surface area contributed by atoms with Crippen molar-refractivity contribution in [3.05, 3.63) is 30.2 Å². The van der Waals surface area contributed by atoms with Gasteiger partial charge in [0.05, 0.1) is 17.0 Å². The van der Waals surface area contributed by atoms with Gasteiger partial charge in [-0.15, -0.1) is 0 Å². The maximum Gasteiger partial charge on any atom is 0.267 e. The molecule has 3 heterocycles. The molecule has 7 nitrogen and oxygen atoms in total. The molecule has 3 aromatic heterocycles. The van der Waals surface area contributed by atoms with Crippen LogP contribution in [0.1, 0.15) is 51.1 Å². The number of nitrogens with zero attached hydrogens (tertiary/aromatic N) is 3. The summed E-state index contributed by atoms with van der Waals surface area (Å²) >= 11 is 0. The van der Waals surface area contributed by atoms with Crippen LogP contribution in [0.15, 0.2) is 24.5 Å². The van der Waals surface area contributed by atoms with Crippen LogP contribution in [-0.4, -0.2) is 38.3 Å². The Hall–Kier alpha value is -2.83. The molecule has 0 bridgehead atoms. The van der Waals surface area contributed by atoms with E-state index >= 15 is 0 Å². The Labute approximate surface area is 152 Å². The van der Waals surface area contributed by atoms with Crippen molar-refractivity contribution in [1.82, 2.24) is 25.1 Å². The van der Waals surface area contributed by atoms with Crippen LogP contribution in [0.5, 0.6) is 5.88 Å². The number of ether oxygens (including phenoxy) is 1. The molecule has 7 heteroatoms. The van der Waals surface area contributed by atoms with E-state index in [-0.39, 0.29) is 18.1 Å². The van der Waals surface area contributed by atoms with Crippen molar-refractivity contribution in [1.29, 1.82) is 0 Å². The highest BCUT2D eigenvalue weighted by molar-refractivity contribution is 5.99. The Kier molecular flexibility index (Phi) is 4.97. The summed E-state index contributed by atoms with van der Waals surface area (Å²) in [4.78, 5) is 16.8. The van der Waals surface area contributed by atoms with Gasteiger partial charge in [0.25, 0.3) is 5.91 Å². The number of nitrogens with one attached hydrogen (secondary N) is 2. The lowest BCUT2D eigenvalue weighted by Crippen LogP contribution is -2.25. The first-order valence-corrected chi connectivity index (χ1v) is 8.92. The monoisotopic (exact) mass is 355 g/mol. The number of carbonyl (C=O) groups is 1. The van der Waals surface area contributed by atoms with Crippen LogP contribution in [0, 0.1) is 0 Å². The molecule has 0 saturated heterocycles. The van der Waals surface area contributed by atoms with Gasteiger partial charge in [-0.25, -0.2) is 4.98 Å². The molecule has 0 atom stereocenters. The molecule has 138 valence electrons. The fourth-order valence-electron chi connectivity index (χ4n) is 2.93. The third-order valence-corrected chi connectivity index (χ3v) is 4.04. The van der Waals surface area contributed by atoms with Gasteiger partial charge in [-0.1, -0.05) is 0 Å². The van der Waals surface area contributed by atoms with Crippen LogP contribution in [0.4, 0.5) is 0 Å². The maximum atomic E-state index is 12.4. The third-order valence-electron chi connectivity index (χ3n) is 4.04. The largest absolute Gasteiger partial charge is 0.474 e. The molecular weight excluding hydrogens is 330 g/mol. The Bertz CT molecular complexity index is 923. The number of rotatable bonds is 6. The maximum absolute atomic E-state index is 12.4. The van der Waals surface area contributed by atoms with Crippen molar-refractivity contribution in [3.8, 4) is 17.1 Å². The van der Waals surface area contributed by atoms with Crippen molar-refractivity contribution < 1.29 is 9.53 Å². The smallest absolute Gasteiger partial charge is 0.267 e. The van der Waals surface area contributed by atoms with Crippen molar-refractivity contribution in [2.45, 2.75) is 46.8 Å². The molecule has 0 fully saturated rings. The molecule has 0 aliphatic heterocycles. The number of pyridine rings is 1. The molecular formula is C19H25N5O2. The zero-order valence-electron chi connectivity index (χ0n) is 15.8. The first kappa shape index (κ1) is 18.0. The fraction of sp³-hybridized carbons (Fsp3) is 0.421. The van der Waals surface area contributed by atoms with E-state index in [2.05, 4.69) is 20.5 Å². The molecule has 0 unspecified atom stereocenters. The Morgan fingerprint density at radius 3 is 2.77 bits per heavy atom. The summed E-state index contributed by atoms with van der Waals surface area (Å²) in [6.07, 6.45) is 3.65. The molecule has 3 rings (SSSR count). The van der Waals surface area contributed by atoms with E-state index in [4.69, 9.17) is 4.74 Å². The second-order valence-electron chi connectivity index (χ2n) is 6.75. The van der Waals surface area contributed by atoms with Gasteiger partial charge < -0.3 is 14.6 Å². The number of aromatic nitrogens is 4. The van der Waals surface area contributed by atoms with Crippen LogP contribution in [0.25, 0.3) is 22.2 Å². The highest BCUT2D eigenvalue weighted by atomic mass is 16.5. The minimum atomic E-state index is -0.0935. The van der Waals surface area contributed by atoms with Crippen LogP contribution < -0.4 is 10.1 Å². The zero-order chi connectivity index (χ0) is 18.8. The minimum absolute atomic E-state index is 0.00186. The molecule has 1 amide bonds. The van der Waals surface area contributed by atoms with Crippen LogP contribution in [-0.2, 0) is 0 Å². The fourth-order valence-corrected chi connectivity index (χ4v) is 2.93. The molecule has 0 saturated carbocycles. The average Bonchev–Trinajstić information content (AvgIpc) is 3.19. The normalized spacial score (nSPS) is 11.5. The lowest BCUT2D eigenvalue weighted by Gasteiger charge is -2.12. The summed E-state index contributed by atoms with van der Waals surface area (Å²) in [5, 5.41) is 11.2. The summed E-state index contributed by atoms with van der Waals surface area (Å²) in [7, 11) is 0. The SMILES string of the molecule is CCNC(=O)c1cc(-c2n[nH]c3ccnc(OC(C)C)c23)cn1C(C)C. The van der Waals surface area contributed by atoms with Gasteiger partial charge in [0.1, 0.15) is 11.4 Å². The van der Waals surface area contributed by atoms with Crippen molar-refractivity contribution in [3.63, 3.8) is 0 Å². The molecule has 0 aliphatic rings. The Morgan fingerprint density at radius 2 is 2.12 bits per heavy atom. The van der Waals surface area contributed by atoms with E-state index < -0.39 is 0 Å². The van der Waals surface area contributed by atoms with E-state index in [9.17, 15) is 4.79 Å². The number of hydrogen-bond donors (Lipinski definition) is 2. The van der Waals surface area contributed by atoms with Gasteiger partial charge >= 0.3 is 0 Å². The summed E-state index contributed by atoms with van der Waals surface area (Å²) in [5.41, 5.74) is 3.05. The molecule has 0 spiro atoms. The number of carbonyl (C=O) groups excluding carboxylic acids is 1. The predicted octanol–water partition coefficient (Wildman–Crippen LogP) is 3.54. The van der Waals surface area contributed by atoms with Crippen molar-refractivity contribution in [2.24, 2.45) is 0 Å². The van der Waals surface area contributed by atoms with Crippen LogP contribution >= 0.6 is 0 Å². The lowest BCUT2D eigenvalue weighted by atomic mass is 10.1. The highest BCUT2D eigenvalue weighted by Crippen LogP contribution is 2.34. The van der Waals surface area contributed by atoms with Crippen molar-refractivity contribution >= 4 is 16.8 Å². The summed E-state index contributed by atoms with van der Waals surface area (Å²) in [5.74, 6) is 0.446. The molecule has 0 aliphatic carbocycles. The number of H-pyrrole nitrogens is 1. The number of hydrogen-bond acceptors (Lipinski definition) is 4.